The van der Waals surface area contributed by atoms with Crippen molar-refractivity contribution in [3.05, 3.63) is 204 Å². The minimum atomic E-state index is -0.933. The predicted molar refractivity (Wildman–Crippen MR) is 226 cm³/mol. The number of rotatable bonds is 9. The molecule has 58 heavy (non-hydrogen) atoms. The van der Waals surface area contributed by atoms with Gasteiger partial charge in [0.1, 0.15) is 36.3 Å². The second kappa shape index (κ2) is 14.4. The average molecular weight is 759 g/mol. The third-order valence-corrected chi connectivity index (χ3v) is 10.6. The quantitative estimate of drug-likeness (QED) is 0.138. The number of aromatic nitrogens is 3. The summed E-state index contributed by atoms with van der Waals surface area (Å²) in [4.78, 5) is 7.24. The molecule has 10 rings (SSSR count). The number of hydrogen-bond acceptors (Lipinski definition) is 3. The van der Waals surface area contributed by atoms with E-state index in [0.717, 1.165) is 50.6 Å². The topological polar surface area (TPSA) is 45.6 Å². The highest BCUT2D eigenvalue weighted by Crippen LogP contribution is 2.37. The van der Waals surface area contributed by atoms with Gasteiger partial charge in [-0.05, 0) is 102 Å². The lowest BCUT2D eigenvalue weighted by molar-refractivity contribution is 0.297. The number of ether oxygens (including phenoxy) is 2. The lowest BCUT2D eigenvalue weighted by Gasteiger charge is -2.16. The van der Waals surface area contributed by atoms with Gasteiger partial charge in [0, 0.05) is 44.7 Å². The Morgan fingerprint density at radius 2 is 0.983 bits per heavy atom. The van der Waals surface area contributed by atoms with Crippen molar-refractivity contribution < 1.29 is 18.3 Å². The van der Waals surface area contributed by atoms with Crippen LogP contribution >= 0.6 is 0 Å². The van der Waals surface area contributed by atoms with Crippen molar-refractivity contribution in [1.29, 1.82) is 0 Å². The Bertz CT molecular complexity index is 2990. The van der Waals surface area contributed by atoms with Gasteiger partial charge in [0.2, 0.25) is 0 Å². The number of pyridine rings is 1. The Balaban J connectivity index is 0.956. The lowest BCUT2D eigenvalue weighted by Crippen LogP contribution is -2.03. The maximum atomic E-state index is 14.9. The molecular weight excluding hydrogens is 727 g/mol. The molecule has 8 heteroatoms. The van der Waals surface area contributed by atoms with Crippen LogP contribution in [-0.2, 0) is 13.2 Å². The Hall–Kier alpha value is -7.76. The fourth-order valence-electron chi connectivity index (χ4n) is 7.92. The van der Waals surface area contributed by atoms with E-state index >= 15 is 0 Å². The van der Waals surface area contributed by atoms with Crippen LogP contribution < -0.4 is 9.47 Å². The summed E-state index contributed by atoms with van der Waals surface area (Å²) in [5.41, 5.74) is 8.02. The second-order valence-electron chi connectivity index (χ2n) is 14.1. The van der Waals surface area contributed by atoms with Crippen molar-refractivity contribution >= 4 is 49.3 Å². The lowest BCUT2D eigenvalue weighted by atomic mass is 10.1. The molecule has 0 spiro atoms. The number of benzene rings is 7. The fraction of sp³-hybridized carbons (Fsp3) is 0.0400. The summed E-state index contributed by atoms with van der Waals surface area (Å²) in [7, 11) is 0. The zero-order chi connectivity index (χ0) is 39.2. The van der Waals surface area contributed by atoms with Crippen molar-refractivity contribution in [2.75, 3.05) is 0 Å². The molecule has 3 aromatic heterocycles. The van der Waals surface area contributed by atoms with Crippen LogP contribution in [0.3, 0.4) is 0 Å². The van der Waals surface area contributed by atoms with Gasteiger partial charge >= 0.3 is 0 Å². The largest absolute Gasteiger partial charge is 0.489 e. The summed E-state index contributed by atoms with van der Waals surface area (Å²) < 4.78 is 46.0. The van der Waals surface area contributed by atoms with Gasteiger partial charge in [0.25, 0.3) is 5.69 Å². The van der Waals surface area contributed by atoms with E-state index in [-0.39, 0.29) is 17.9 Å². The molecule has 0 aliphatic rings. The molecule has 0 unspecified atom stereocenters. The first kappa shape index (κ1) is 34.7. The molecule has 3 heterocycles. The Labute approximate surface area is 332 Å². The summed E-state index contributed by atoms with van der Waals surface area (Å²) in [6.45, 7) is 7.65. The molecule has 6 nitrogen and oxygen atoms in total. The first-order chi connectivity index (χ1) is 28.5. The van der Waals surface area contributed by atoms with Crippen LogP contribution in [0.4, 0.5) is 14.5 Å². The first-order valence-electron chi connectivity index (χ1n) is 18.8. The zero-order valence-electron chi connectivity index (χ0n) is 30.9. The molecule has 0 amide bonds. The highest BCUT2D eigenvalue weighted by Gasteiger charge is 2.18. The normalized spacial score (nSPS) is 11.4. The van der Waals surface area contributed by atoms with Gasteiger partial charge in [-0.3, -0.25) is 4.98 Å². The maximum Gasteiger partial charge on any atom is 0.257 e. The molecule has 0 bridgehead atoms. The van der Waals surface area contributed by atoms with Gasteiger partial charge in [-0.1, -0.05) is 72.8 Å². The number of para-hydroxylation sites is 4. The van der Waals surface area contributed by atoms with E-state index in [1.54, 1.807) is 12.1 Å². The predicted octanol–water partition coefficient (Wildman–Crippen LogP) is 12.9. The smallest absolute Gasteiger partial charge is 0.257 e. The number of fused-ring (bicyclic) bond motifs is 6. The van der Waals surface area contributed by atoms with E-state index in [4.69, 9.17) is 16.0 Å². The van der Waals surface area contributed by atoms with Crippen LogP contribution in [-0.4, -0.2) is 14.1 Å². The number of hydrogen-bond donors (Lipinski definition) is 0. The molecule has 10 aromatic rings. The van der Waals surface area contributed by atoms with E-state index in [0.29, 0.717) is 18.1 Å². The van der Waals surface area contributed by atoms with Gasteiger partial charge in [0.15, 0.2) is 0 Å². The highest BCUT2D eigenvalue weighted by atomic mass is 19.1. The molecule has 0 saturated carbocycles. The fourth-order valence-corrected chi connectivity index (χ4v) is 7.92. The van der Waals surface area contributed by atoms with Crippen molar-refractivity contribution in [2.24, 2.45) is 0 Å². The zero-order valence-corrected chi connectivity index (χ0v) is 30.9. The van der Waals surface area contributed by atoms with Crippen LogP contribution in [0.2, 0.25) is 0 Å². The second-order valence-corrected chi connectivity index (χ2v) is 14.1. The van der Waals surface area contributed by atoms with Gasteiger partial charge in [0.05, 0.1) is 34.3 Å². The van der Waals surface area contributed by atoms with E-state index in [1.807, 2.05) is 24.3 Å². The highest BCUT2D eigenvalue weighted by molar-refractivity contribution is 6.10. The van der Waals surface area contributed by atoms with Crippen molar-refractivity contribution in [3.63, 3.8) is 0 Å². The molecule has 0 aliphatic heterocycles. The summed E-state index contributed by atoms with van der Waals surface area (Å²) in [6.07, 6.45) is 1.54. The average Bonchev–Trinajstić information content (AvgIpc) is 3.79. The SMILES string of the molecule is [C-]#[N+]c1c(F)ccc(-c2cc(COc3ccc(OCc4cc(-n5c6ccccc6c6ccccc65)cc(-n5c6ccccc6c6ccccc65)c4)cc3)ccn2)c1F. The van der Waals surface area contributed by atoms with Crippen LogP contribution in [0.25, 0.3) is 71.1 Å². The van der Waals surface area contributed by atoms with Crippen LogP contribution in [0.15, 0.2) is 170 Å². The molecule has 0 aliphatic carbocycles. The third-order valence-electron chi connectivity index (χ3n) is 10.6. The summed E-state index contributed by atoms with van der Waals surface area (Å²) in [6, 6.07) is 54.0. The molecule has 0 radical (unpaired) electrons. The van der Waals surface area contributed by atoms with E-state index < -0.39 is 17.3 Å². The van der Waals surface area contributed by atoms with E-state index in [2.05, 4.69) is 134 Å². The summed E-state index contributed by atoms with van der Waals surface area (Å²) in [5, 5.41) is 4.78. The Kier molecular flexibility index (Phi) is 8.61. The van der Waals surface area contributed by atoms with Crippen LogP contribution in [0.1, 0.15) is 11.1 Å². The number of nitrogens with zero attached hydrogens (tertiary/aromatic N) is 4. The molecule has 7 aromatic carbocycles. The summed E-state index contributed by atoms with van der Waals surface area (Å²) >= 11 is 0. The van der Waals surface area contributed by atoms with Crippen LogP contribution in [0, 0.1) is 18.2 Å². The minimum absolute atomic E-state index is 0.0542. The van der Waals surface area contributed by atoms with Gasteiger partial charge in [-0.15, -0.1) is 0 Å². The maximum absolute atomic E-state index is 14.9. The standard InChI is InChI=1S/C50H32F2N4O2/c1-53-50-43(51)23-22-42(49(50)52)44-28-32(24-25-54-44)30-57-36-18-20-37(21-19-36)58-31-33-26-34(55-45-14-6-2-10-38(45)39-11-3-7-15-46(39)55)29-35(27-33)56-47-16-8-4-12-40(47)41-13-5-9-17-48(41)56/h2-29H,30-31H2. The molecule has 0 atom stereocenters. The first-order valence-corrected chi connectivity index (χ1v) is 18.8. The van der Waals surface area contributed by atoms with Crippen molar-refractivity contribution in [2.45, 2.75) is 13.2 Å². The Morgan fingerprint density at radius 3 is 1.47 bits per heavy atom. The number of halogens is 2. The molecular formula is C50H32F2N4O2. The third kappa shape index (κ3) is 6.06. The van der Waals surface area contributed by atoms with E-state index in [1.165, 1.54) is 33.8 Å². The van der Waals surface area contributed by atoms with Gasteiger partial charge in [-0.2, -0.15) is 0 Å². The monoisotopic (exact) mass is 758 g/mol. The van der Waals surface area contributed by atoms with Crippen molar-refractivity contribution in [1.82, 2.24) is 14.1 Å². The van der Waals surface area contributed by atoms with Crippen LogP contribution in [0.5, 0.6) is 11.5 Å². The van der Waals surface area contributed by atoms with Gasteiger partial charge in [-0.25, -0.2) is 13.6 Å². The minimum Gasteiger partial charge on any atom is -0.489 e. The molecule has 0 saturated heterocycles. The molecule has 0 fully saturated rings. The van der Waals surface area contributed by atoms with Crippen molar-refractivity contribution in [3.8, 4) is 34.1 Å². The Morgan fingerprint density at radius 1 is 0.517 bits per heavy atom. The molecule has 0 N–H and O–H groups in total. The molecule has 278 valence electrons. The van der Waals surface area contributed by atoms with Gasteiger partial charge < -0.3 is 18.6 Å². The summed E-state index contributed by atoms with van der Waals surface area (Å²) in [5.74, 6) is -0.532. The van der Waals surface area contributed by atoms with E-state index in [9.17, 15) is 8.78 Å².